The monoisotopic (exact) mass is 517 g/mol. The van der Waals surface area contributed by atoms with Crippen LogP contribution in [0.5, 0.6) is 0 Å². The molecule has 2 unspecified atom stereocenters. The van der Waals surface area contributed by atoms with Crippen molar-refractivity contribution in [2.45, 2.75) is 37.3 Å². The molecule has 0 saturated carbocycles. The molecule has 0 N–H and O–H groups in total. The van der Waals surface area contributed by atoms with E-state index in [-0.39, 0.29) is 6.23 Å². The summed E-state index contributed by atoms with van der Waals surface area (Å²) < 4.78 is 25.9. The molecule has 2 aliphatic rings. The summed E-state index contributed by atoms with van der Waals surface area (Å²) in [6.45, 7) is 5.62. The minimum atomic E-state index is -0.986. The van der Waals surface area contributed by atoms with E-state index in [4.69, 9.17) is 19.4 Å². The minimum absolute atomic E-state index is 0.0929. The highest BCUT2D eigenvalue weighted by atomic mass is 32.2. The van der Waals surface area contributed by atoms with Crippen LogP contribution in [0.3, 0.4) is 0 Å². The molecular formula is C28H31N5O3S. The van der Waals surface area contributed by atoms with Gasteiger partial charge in [0.1, 0.15) is 22.8 Å². The average Bonchev–Trinajstić information content (AvgIpc) is 3.47. The number of benzene rings is 1. The Balaban J connectivity index is 1.51. The van der Waals surface area contributed by atoms with Crippen molar-refractivity contribution >= 4 is 27.9 Å². The number of aromatic nitrogens is 4. The number of fused-ring (bicyclic) bond motifs is 1. The lowest BCUT2D eigenvalue weighted by atomic mass is 10.00. The van der Waals surface area contributed by atoms with Gasteiger partial charge in [0.05, 0.1) is 18.9 Å². The predicted octanol–water partition coefficient (Wildman–Crippen LogP) is 4.82. The molecule has 5 heterocycles. The Morgan fingerprint density at radius 1 is 1.03 bits per heavy atom. The Labute approximate surface area is 219 Å². The summed E-state index contributed by atoms with van der Waals surface area (Å²) in [5.41, 5.74) is 4.66. The van der Waals surface area contributed by atoms with Crippen molar-refractivity contribution in [3.05, 3.63) is 54.9 Å². The van der Waals surface area contributed by atoms with E-state index < -0.39 is 11.2 Å². The lowest BCUT2D eigenvalue weighted by molar-refractivity contribution is -0.0383. The van der Waals surface area contributed by atoms with Gasteiger partial charge in [0.25, 0.3) is 0 Å². The zero-order valence-corrected chi connectivity index (χ0v) is 21.8. The molecule has 2 saturated heterocycles. The quantitative estimate of drug-likeness (QED) is 0.339. The molecule has 0 radical (unpaired) electrons. The Bertz CT molecular complexity index is 1360. The van der Waals surface area contributed by atoms with Crippen molar-refractivity contribution in [2.75, 3.05) is 43.6 Å². The van der Waals surface area contributed by atoms with Crippen LogP contribution in [0.4, 0.5) is 5.82 Å². The summed E-state index contributed by atoms with van der Waals surface area (Å²) >= 11 is -0.986. The summed E-state index contributed by atoms with van der Waals surface area (Å²) in [6.07, 6.45) is 6.70. The number of nitrogens with zero attached hydrogens (tertiary/aromatic N) is 5. The van der Waals surface area contributed by atoms with Gasteiger partial charge in [-0.3, -0.25) is 4.98 Å². The first-order valence-corrected chi connectivity index (χ1v) is 14.3. The second-order valence-corrected chi connectivity index (χ2v) is 11.1. The second-order valence-electron chi connectivity index (χ2n) is 9.32. The largest absolute Gasteiger partial charge is 0.611 e. The van der Waals surface area contributed by atoms with Crippen LogP contribution in [-0.4, -0.2) is 63.0 Å². The fraction of sp³-hybridized carbons (Fsp3) is 0.393. The summed E-state index contributed by atoms with van der Waals surface area (Å²) in [6, 6.07) is 14.2. The molecule has 4 aromatic rings. The van der Waals surface area contributed by atoms with Crippen LogP contribution in [0.2, 0.25) is 0 Å². The Hall–Kier alpha value is -2.98. The lowest BCUT2D eigenvalue weighted by Gasteiger charge is -2.29. The van der Waals surface area contributed by atoms with Crippen molar-refractivity contribution < 1.29 is 14.0 Å². The van der Waals surface area contributed by atoms with Crippen LogP contribution < -0.4 is 4.90 Å². The molecule has 0 amide bonds. The Morgan fingerprint density at radius 2 is 1.86 bits per heavy atom. The van der Waals surface area contributed by atoms with E-state index in [1.165, 1.54) is 0 Å². The molecule has 6 rings (SSSR count). The third-order valence-electron chi connectivity index (χ3n) is 7.08. The van der Waals surface area contributed by atoms with Crippen molar-refractivity contribution in [3.63, 3.8) is 0 Å². The zero-order chi connectivity index (χ0) is 25.2. The van der Waals surface area contributed by atoms with E-state index in [0.29, 0.717) is 19.0 Å². The Morgan fingerprint density at radius 3 is 2.62 bits per heavy atom. The molecule has 37 heavy (non-hydrogen) atoms. The van der Waals surface area contributed by atoms with Crippen molar-refractivity contribution in [1.29, 1.82) is 0 Å². The fourth-order valence-corrected chi connectivity index (χ4v) is 5.89. The van der Waals surface area contributed by atoms with Gasteiger partial charge in [-0.2, -0.15) is 5.10 Å². The topological polar surface area (TPSA) is 88.4 Å². The maximum absolute atomic E-state index is 12.3. The average molecular weight is 518 g/mol. The van der Waals surface area contributed by atoms with E-state index in [0.717, 1.165) is 83.1 Å². The van der Waals surface area contributed by atoms with Gasteiger partial charge >= 0.3 is 0 Å². The van der Waals surface area contributed by atoms with Crippen molar-refractivity contribution in [2.24, 2.45) is 0 Å². The summed E-state index contributed by atoms with van der Waals surface area (Å²) in [4.78, 5) is 13.1. The molecular weight excluding hydrogens is 486 g/mol. The molecule has 192 valence electrons. The maximum Gasteiger partial charge on any atom is 0.152 e. The van der Waals surface area contributed by atoms with E-state index in [1.807, 2.05) is 48.3 Å². The van der Waals surface area contributed by atoms with Crippen LogP contribution >= 0.6 is 0 Å². The third-order valence-corrected chi connectivity index (χ3v) is 8.40. The molecule has 2 fully saturated rings. The molecule has 9 heteroatoms. The molecule has 0 aliphatic carbocycles. The van der Waals surface area contributed by atoms with Gasteiger partial charge in [-0.25, -0.2) is 9.67 Å². The smallest absolute Gasteiger partial charge is 0.152 e. The van der Waals surface area contributed by atoms with Gasteiger partial charge in [0.15, 0.2) is 11.1 Å². The number of anilines is 1. The first-order chi connectivity index (χ1) is 18.2. The van der Waals surface area contributed by atoms with E-state index >= 15 is 0 Å². The summed E-state index contributed by atoms with van der Waals surface area (Å²) in [7, 11) is 0. The fourth-order valence-electron chi connectivity index (χ4n) is 5.12. The van der Waals surface area contributed by atoms with Gasteiger partial charge in [-0.1, -0.05) is 0 Å². The minimum Gasteiger partial charge on any atom is -0.611 e. The zero-order valence-electron chi connectivity index (χ0n) is 21.0. The highest BCUT2D eigenvalue weighted by Crippen LogP contribution is 2.37. The van der Waals surface area contributed by atoms with Crippen molar-refractivity contribution in [3.8, 4) is 22.5 Å². The van der Waals surface area contributed by atoms with E-state index in [2.05, 4.69) is 28.2 Å². The summed E-state index contributed by atoms with van der Waals surface area (Å²) in [5, 5.41) is 5.64. The molecule has 1 aromatic carbocycles. The maximum atomic E-state index is 12.3. The van der Waals surface area contributed by atoms with Crippen LogP contribution in [0.1, 0.15) is 32.4 Å². The number of hydrogen-bond donors (Lipinski definition) is 0. The third kappa shape index (κ3) is 4.84. The van der Waals surface area contributed by atoms with Gasteiger partial charge in [-0.05, 0) is 91.0 Å². The van der Waals surface area contributed by atoms with Gasteiger partial charge < -0.3 is 18.9 Å². The highest BCUT2D eigenvalue weighted by Gasteiger charge is 2.24. The first kappa shape index (κ1) is 24.4. The molecule has 2 atom stereocenters. The normalized spacial score (nSPS) is 19.3. The van der Waals surface area contributed by atoms with Gasteiger partial charge in [0.2, 0.25) is 0 Å². The number of rotatable bonds is 6. The van der Waals surface area contributed by atoms with E-state index in [9.17, 15) is 4.55 Å². The van der Waals surface area contributed by atoms with Crippen LogP contribution in [0.25, 0.3) is 33.4 Å². The van der Waals surface area contributed by atoms with Gasteiger partial charge in [-0.15, -0.1) is 0 Å². The molecule has 0 spiro atoms. The summed E-state index contributed by atoms with van der Waals surface area (Å²) in [5.74, 6) is 1.51. The highest BCUT2D eigenvalue weighted by molar-refractivity contribution is 7.91. The SMILES string of the molecule is CC[S+]([O-])c1ccc(-c2cc(N3CCOCC3)nc3c(-c4ccnn4C4CCCCO4)nccc23)cc1. The predicted molar refractivity (Wildman–Crippen MR) is 145 cm³/mol. The van der Waals surface area contributed by atoms with E-state index in [1.54, 1.807) is 0 Å². The van der Waals surface area contributed by atoms with Gasteiger partial charge in [0, 0.05) is 37.5 Å². The molecule has 3 aromatic heterocycles. The van der Waals surface area contributed by atoms with Crippen LogP contribution in [0, 0.1) is 0 Å². The standard InChI is InChI=1S/C28H31N5O3S/c1-2-37(34)21-8-6-20(7-9-21)23-19-25(32-14-17-35-18-15-32)31-27-22(23)10-12-29-28(27)24-11-13-30-33(24)26-5-3-4-16-36-26/h6-13,19,26H,2-5,14-18H2,1H3. The van der Waals surface area contributed by atoms with Crippen molar-refractivity contribution in [1.82, 2.24) is 19.7 Å². The number of pyridine rings is 2. The molecule has 2 aliphatic heterocycles. The molecule has 8 nitrogen and oxygen atoms in total. The molecule has 0 bridgehead atoms. The number of ether oxygens (including phenoxy) is 2. The number of morpholine rings is 1. The van der Waals surface area contributed by atoms with Crippen LogP contribution in [0.15, 0.2) is 59.8 Å². The first-order valence-electron chi connectivity index (χ1n) is 13.0. The van der Waals surface area contributed by atoms with Crippen LogP contribution in [-0.2, 0) is 20.6 Å². The second kappa shape index (κ2) is 10.8. The lowest BCUT2D eigenvalue weighted by Crippen LogP contribution is -2.36. The number of hydrogen-bond acceptors (Lipinski definition) is 7. The Kier molecular flexibility index (Phi) is 7.10.